The number of nitrogens with one attached hydrogen (secondary N) is 1. The lowest BCUT2D eigenvalue weighted by Crippen LogP contribution is -2.23. The molecule has 0 saturated carbocycles. The van der Waals surface area contributed by atoms with E-state index in [1.807, 2.05) is 12.3 Å². The van der Waals surface area contributed by atoms with E-state index in [1.54, 1.807) is 6.20 Å². The van der Waals surface area contributed by atoms with E-state index in [2.05, 4.69) is 24.1 Å². The summed E-state index contributed by atoms with van der Waals surface area (Å²) in [6, 6.07) is 2.25. The first-order chi connectivity index (χ1) is 8.98. The molecule has 1 atom stereocenters. The van der Waals surface area contributed by atoms with Crippen molar-refractivity contribution < 1.29 is 8.42 Å². The summed E-state index contributed by atoms with van der Waals surface area (Å²) in [5.74, 6) is 0.251. The van der Waals surface area contributed by atoms with Crippen LogP contribution in [-0.4, -0.2) is 32.0 Å². The quantitative estimate of drug-likeness (QED) is 0.794. The van der Waals surface area contributed by atoms with Crippen molar-refractivity contribution in [2.45, 2.75) is 39.2 Å². The normalized spacial score (nSPS) is 13.4. The Bertz CT molecular complexity index is 486. The van der Waals surface area contributed by atoms with Gasteiger partial charge in [-0.15, -0.1) is 0 Å². The minimum atomic E-state index is -2.87. The van der Waals surface area contributed by atoms with Crippen LogP contribution in [-0.2, 0) is 16.3 Å². The Labute approximate surface area is 116 Å². The van der Waals surface area contributed by atoms with Gasteiger partial charge in [-0.05, 0) is 43.0 Å². The molecule has 0 radical (unpaired) electrons. The first-order valence-corrected chi connectivity index (χ1v) is 8.87. The van der Waals surface area contributed by atoms with E-state index < -0.39 is 9.84 Å². The third-order valence-corrected chi connectivity index (χ3v) is 4.19. The van der Waals surface area contributed by atoms with Crippen molar-refractivity contribution in [3.05, 3.63) is 29.6 Å². The van der Waals surface area contributed by atoms with Gasteiger partial charge >= 0.3 is 0 Å². The van der Waals surface area contributed by atoms with E-state index in [0.29, 0.717) is 6.42 Å². The average Bonchev–Trinajstić information content (AvgIpc) is 2.36. The molecular weight excluding hydrogens is 260 g/mol. The van der Waals surface area contributed by atoms with Crippen LogP contribution in [0.5, 0.6) is 0 Å². The first kappa shape index (κ1) is 16.1. The van der Waals surface area contributed by atoms with Gasteiger partial charge in [0.05, 0.1) is 0 Å². The van der Waals surface area contributed by atoms with Gasteiger partial charge in [-0.25, -0.2) is 8.42 Å². The van der Waals surface area contributed by atoms with Crippen molar-refractivity contribution >= 4 is 9.84 Å². The molecule has 5 heteroatoms. The smallest absolute Gasteiger partial charge is 0.147 e. The highest BCUT2D eigenvalue weighted by Gasteiger charge is 2.14. The predicted molar refractivity (Wildman–Crippen MR) is 79.0 cm³/mol. The van der Waals surface area contributed by atoms with Crippen molar-refractivity contribution in [2.24, 2.45) is 0 Å². The molecule has 0 bridgehead atoms. The van der Waals surface area contributed by atoms with Crippen molar-refractivity contribution in [1.82, 2.24) is 10.3 Å². The van der Waals surface area contributed by atoms with Crippen LogP contribution in [0, 0.1) is 0 Å². The maximum Gasteiger partial charge on any atom is 0.147 e. The molecule has 19 heavy (non-hydrogen) atoms. The molecule has 1 aromatic heterocycles. The summed E-state index contributed by atoms with van der Waals surface area (Å²) < 4.78 is 22.4. The molecule has 1 aromatic rings. The molecule has 0 fully saturated rings. The highest BCUT2D eigenvalue weighted by atomic mass is 32.2. The maximum atomic E-state index is 11.2. The number of rotatable bonds is 8. The van der Waals surface area contributed by atoms with E-state index in [4.69, 9.17) is 0 Å². The Morgan fingerprint density at radius 1 is 1.37 bits per heavy atom. The third-order valence-electron chi connectivity index (χ3n) is 3.16. The highest BCUT2D eigenvalue weighted by Crippen LogP contribution is 2.22. The summed E-state index contributed by atoms with van der Waals surface area (Å²) in [6.07, 6.45) is 7.45. The predicted octanol–water partition coefficient (Wildman–Crippen LogP) is 2.12. The van der Waals surface area contributed by atoms with E-state index >= 15 is 0 Å². The number of sulfone groups is 1. The highest BCUT2D eigenvalue weighted by molar-refractivity contribution is 7.90. The fourth-order valence-corrected chi connectivity index (χ4v) is 2.93. The fourth-order valence-electron chi connectivity index (χ4n) is 2.24. The van der Waals surface area contributed by atoms with Gasteiger partial charge in [0.15, 0.2) is 0 Å². The van der Waals surface area contributed by atoms with Crippen molar-refractivity contribution in [3.8, 4) is 0 Å². The fraction of sp³-hybridized carbons (Fsp3) is 0.643. The number of aryl methyl sites for hydroxylation is 1. The van der Waals surface area contributed by atoms with Gasteiger partial charge in [0, 0.05) is 30.4 Å². The molecule has 0 aliphatic carbocycles. The lowest BCUT2D eigenvalue weighted by atomic mass is 9.97. The van der Waals surface area contributed by atoms with Crippen LogP contribution in [0.3, 0.4) is 0 Å². The summed E-state index contributed by atoms with van der Waals surface area (Å²) in [6.45, 7) is 5.05. The molecule has 0 spiro atoms. The van der Waals surface area contributed by atoms with Crippen LogP contribution in [0.1, 0.15) is 43.9 Å². The minimum absolute atomic E-state index is 0.213. The van der Waals surface area contributed by atoms with E-state index in [9.17, 15) is 8.42 Å². The van der Waals surface area contributed by atoms with Gasteiger partial charge in [0.1, 0.15) is 9.84 Å². The molecule has 0 amide bonds. The second kappa shape index (κ2) is 7.60. The second-order valence-electron chi connectivity index (χ2n) is 4.81. The molecule has 1 heterocycles. The molecule has 1 unspecified atom stereocenters. The van der Waals surface area contributed by atoms with E-state index in [1.165, 1.54) is 17.4 Å². The Morgan fingerprint density at radius 2 is 2.11 bits per heavy atom. The SMILES string of the molecule is CCNC(CCCS(C)(=O)=O)c1ccncc1CC. The van der Waals surface area contributed by atoms with Crippen molar-refractivity contribution in [2.75, 3.05) is 18.6 Å². The van der Waals surface area contributed by atoms with Crippen molar-refractivity contribution in [1.29, 1.82) is 0 Å². The van der Waals surface area contributed by atoms with Gasteiger partial charge in [-0.3, -0.25) is 4.98 Å². The standard InChI is InChI=1S/C14H24N2O2S/c1-4-12-11-15-9-8-13(12)14(16-5-2)7-6-10-19(3,17)18/h8-9,11,14,16H,4-7,10H2,1-3H3. The molecule has 4 nitrogen and oxygen atoms in total. The van der Waals surface area contributed by atoms with Crippen LogP contribution in [0.4, 0.5) is 0 Å². The third kappa shape index (κ3) is 5.70. The molecule has 0 aromatic carbocycles. The van der Waals surface area contributed by atoms with Gasteiger partial charge in [-0.1, -0.05) is 13.8 Å². The van der Waals surface area contributed by atoms with Crippen LogP contribution < -0.4 is 5.32 Å². The lowest BCUT2D eigenvalue weighted by molar-refractivity contribution is 0.503. The van der Waals surface area contributed by atoms with Crippen molar-refractivity contribution in [3.63, 3.8) is 0 Å². The van der Waals surface area contributed by atoms with E-state index in [0.717, 1.165) is 19.4 Å². The summed E-state index contributed by atoms with van der Waals surface area (Å²) in [4.78, 5) is 4.15. The topological polar surface area (TPSA) is 59.1 Å². The van der Waals surface area contributed by atoms with Gasteiger partial charge < -0.3 is 5.32 Å². The van der Waals surface area contributed by atoms with Gasteiger partial charge in [-0.2, -0.15) is 0 Å². The van der Waals surface area contributed by atoms with Crippen LogP contribution in [0.2, 0.25) is 0 Å². The Hall–Kier alpha value is -0.940. The Balaban J connectivity index is 2.76. The molecule has 0 saturated heterocycles. The van der Waals surface area contributed by atoms with Crippen LogP contribution >= 0.6 is 0 Å². The largest absolute Gasteiger partial charge is 0.310 e. The molecule has 108 valence electrons. The first-order valence-electron chi connectivity index (χ1n) is 6.81. The monoisotopic (exact) mass is 284 g/mol. The summed E-state index contributed by atoms with van der Waals surface area (Å²) in [5, 5.41) is 3.44. The Kier molecular flexibility index (Phi) is 6.45. The number of pyridine rings is 1. The molecular formula is C14H24N2O2S. The maximum absolute atomic E-state index is 11.2. The average molecular weight is 284 g/mol. The van der Waals surface area contributed by atoms with Gasteiger partial charge in [0.25, 0.3) is 0 Å². The second-order valence-corrected chi connectivity index (χ2v) is 7.07. The number of hydrogen-bond acceptors (Lipinski definition) is 4. The molecule has 0 aliphatic rings. The zero-order chi connectivity index (χ0) is 14.3. The number of nitrogens with zero attached hydrogens (tertiary/aromatic N) is 1. The zero-order valence-corrected chi connectivity index (χ0v) is 12.8. The molecule has 1 N–H and O–H groups in total. The molecule has 0 aliphatic heterocycles. The zero-order valence-electron chi connectivity index (χ0n) is 12.0. The lowest BCUT2D eigenvalue weighted by Gasteiger charge is -2.20. The van der Waals surface area contributed by atoms with Crippen LogP contribution in [0.25, 0.3) is 0 Å². The summed E-state index contributed by atoms with van der Waals surface area (Å²) >= 11 is 0. The summed E-state index contributed by atoms with van der Waals surface area (Å²) in [5.41, 5.74) is 2.47. The Morgan fingerprint density at radius 3 is 2.68 bits per heavy atom. The number of hydrogen-bond donors (Lipinski definition) is 1. The molecule has 1 rings (SSSR count). The minimum Gasteiger partial charge on any atom is -0.310 e. The number of aromatic nitrogens is 1. The van der Waals surface area contributed by atoms with Crippen LogP contribution in [0.15, 0.2) is 18.5 Å². The summed E-state index contributed by atoms with van der Waals surface area (Å²) in [7, 11) is -2.87. The van der Waals surface area contributed by atoms with E-state index in [-0.39, 0.29) is 11.8 Å². The van der Waals surface area contributed by atoms with Gasteiger partial charge in [0.2, 0.25) is 0 Å².